The molecule has 2 aliphatic rings. The van der Waals surface area contributed by atoms with E-state index in [9.17, 15) is 9.59 Å². The number of likely N-dealkylation sites (tertiary alicyclic amines) is 1. The van der Waals surface area contributed by atoms with Gasteiger partial charge >= 0.3 is 5.97 Å². The van der Waals surface area contributed by atoms with Crippen molar-refractivity contribution < 1.29 is 14.3 Å². The van der Waals surface area contributed by atoms with Gasteiger partial charge < -0.3 is 9.64 Å². The first-order valence-electron chi connectivity index (χ1n) is 10.7. The first-order chi connectivity index (χ1) is 12.2. The van der Waals surface area contributed by atoms with Gasteiger partial charge in [0.15, 0.2) is 0 Å². The van der Waals surface area contributed by atoms with Crippen LogP contribution in [0.25, 0.3) is 0 Å². The zero-order valence-electron chi connectivity index (χ0n) is 16.1. The van der Waals surface area contributed by atoms with E-state index >= 15 is 0 Å². The van der Waals surface area contributed by atoms with E-state index in [0.29, 0.717) is 6.61 Å². The Labute approximate surface area is 153 Å². The SMILES string of the molecule is CCCCCCCCCCCCOC(=O)C1CCCN1C(=O)C1CC1. The summed E-state index contributed by atoms with van der Waals surface area (Å²) in [5, 5.41) is 0. The Bertz CT molecular complexity index is 406. The van der Waals surface area contributed by atoms with Crippen molar-refractivity contribution in [1.29, 1.82) is 0 Å². The van der Waals surface area contributed by atoms with Crippen LogP contribution >= 0.6 is 0 Å². The number of hydrogen-bond acceptors (Lipinski definition) is 3. The van der Waals surface area contributed by atoms with Crippen molar-refractivity contribution in [3.8, 4) is 0 Å². The van der Waals surface area contributed by atoms with Crippen molar-refractivity contribution >= 4 is 11.9 Å². The van der Waals surface area contributed by atoms with Crippen molar-refractivity contribution in [1.82, 2.24) is 4.90 Å². The third-order valence-corrected chi connectivity index (χ3v) is 5.48. The van der Waals surface area contributed by atoms with Crippen LogP contribution in [0.5, 0.6) is 0 Å². The molecule has 0 aromatic heterocycles. The third-order valence-electron chi connectivity index (χ3n) is 5.48. The molecule has 25 heavy (non-hydrogen) atoms. The summed E-state index contributed by atoms with van der Waals surface area (Å²) in [4.78, 5) is 26.2. The topological polar surface area (TPSA) is 46.6 Å². The van der Waals surface area contributed by atoms with Crippen LogP contribution < -0.4 is 0 Å². The molecule has 4 heteroatoms. The standard InChI is InChI=1S/C21H37NO3/c1-2-3-4-5-6-7-8-9-10-11-17-25-21(24)19-13-12-16-22(19)20(23)18-14-15-18/h18-19H,2-17H2,1H3. The average Bonchev–Trinajstić information content (AvgIpc) is 3.35. The van der Waals surface area contributed by atoms with E-state index in [1.807, 2.05) is 0 Å². The lowest BCUT2D eigenvalue weighted by molar-refractivity contribution is -0.153. The van der Waals surface area contributed by atoms with Gasteiger partial charge in [-0.25, -0.2) is 4.79 Å². The molecule has 0 radical (unpaired) electrons. The summed E-state index contributed by atoms with van der Waals surface area (Å²) in [5.74, 6) is 0.191. The molecule has 2 fully saturated rings. The van der Waals surface area contributed by atoms with Crippen LogP contribution in [0, 0.1) is 5.92 Å². The van der Waals surface area contributed by atoms with Gasteiger partial charge in [0.2, 0.25) is 5.91 Å². The molecule has 0 spiro atoms. The predicted molar refractivity (Wildman–Crippen MR) is 100 cm³/mol. The lowest BCUT2D eigenvalue weighted by Gasteiger charge is -2.23. The fourth-order valence-electron chi connectivity index (χ4n) is 3.70. The second-order valence-electron chi connectivity index (χ2n) is 7.81. The van der Waals surface area contributed by atoms with E-state index < -0.39 is 0 Å². The lowest BCUT2D eigenvalue weighted by Crippen LogP contribution is -2.42. The van der Waals surface area contributed by atoms with E-state index in [0.717, 1.165) is 45.1 Å². The number of amides is 1. The van der Waals surface area contributed by atoms with E-state index in [1.54, 1.807) is 4.90 Å². The first-order valence-corrected chi connectivity index (χ1v) is 10.7. The fraction of sp³-hybridized carbons (Fsp3) is 0.905. The molecule has 1 atom stereocenters. The highest BCUT2D eigenvalue weighted by molar-refractivity contribution is 5.87. The summed E-state index contributed by atoms with van der Waals surface area (Å²) in [6.45, 7) is 3.49. The minimum absolute atomic E-state index is 0.178. The number of rotatable bonds is 13. The maximum absolute atomic E-state index is 12.2. The van der Waals surface area contributed by atoms with Crippen molar-refractivity contribution in [2.75, 3.05) is 13.2 Å². The minimum Gasteiger partial charge on any atom is -0.464 e. The predicted octanol–water partition coefficient (Wildman–Crippen LogP) is 4.85. The zero-order chi connectivity index (χ0) is 17.9. The van der Waals surface area contributed by atoms with Gasteiger partial charge in [-0.05, 0) is 32.1 Å². The number of carbonyl (C=O) groups excluding carboxylic acids is 2. The maximum atomic E-state index is 12.2. The summed E-state index contributed by atoms with van der Waals surface area (Å²) >= 11 is 0. The number of nitrogens with zero attached hydrogens (tertiary/aromatic N) is 1. The van der Waals surface area contributed by atoms with Crippen LogP contribution in [0.1, 0.15) is 96.8 Å². The Hall–Kier alpha value is -1.06. The van der Waals surface area contributed by atoms with Gasteiger partial charge in [0.1, 0.15) is 6.04 Å². The third kappa shape index (κ3) is 7.37. The number of ether oxygens (including phenoxy) is 1. The van der Waals surface area contributed by atoms with Gasteiger partial charge in [0.25, 0.3) is 0 Å². The Balaban J connectivity index is 1.46. The van der Waals surface area contributed by atoms with E-state index in [-0.39, 0.29) is 23.8 Å². The number of esters is 1. The number of unbranched alkanes of at least 4 members (excludes halogenated alkanes) is 9. The average molecular weight is 352 g/mol. The molecular formula is C21H37NO3. The maximum Gasteiger partial charge on any atom is 0.328 e. The molecule has 2 rings (SSSR count). The summed E-state index contributed by atoms with van der Waals surface area (Å²) in [7, 11) is 0. The Kier molecular flexibility index (Phi) is 9.35. The molecular weight excluding hydrogens is 314 g/mol. The lowest BCUT2D eigenvalue weighted by atomic mass is 10.1. The number of hydrogen-bond donors (Lipinski definition) is 0. The van der Waals surface area contributed by atoms with Crippen molar-refractivity contribution in [3.05, 3.63) is 0 Å². The quantitative estimate of drug-likeness (QED) is 0.352. The van der Waals surface area contributed by atoms with Crippen LogP contribution in [0.15, 0.2) is 0 Å². The largest absolute Gasteiger partial charge is 0.464 e. The summed E-state index contributed by atoms with van der Waals surface area (Å²) in [6, 6.07) is -0.309. The Morgan fingerprint density at radius 1 is 0.880 bits per heavy atom. The molecule has 1 unspecified atom stereocenters. The highest BCUT2D eigenvalue weighted by Gasteiger charge is 2.41. The van der Waals surface area contributed by atoms with Crippen LogP contribution in [-0.4, -0.2) is 36.0 Å². The highest BCUT2D eigenvalue weighted by atomic mass is 16.5. The molecule has 1 aliphatic heterocycles. The van der Waals surface area contributed by atoms with Crippen molar-refractivity contribution in [2.24, 2.45) is 5.92 Å². The van der Waals surface area contributed by atoms with Crippen LogP contribution in [0.2, 0.25) is 0 Å². The molecule has 1 heterocycles. The second kappa shape index (κ2) is 11.5. The van der Waals surface area contributed by atoms with Gasteiger partial charge in [-0.2, -0.15) is 0 Å². The molecule has 0 aromatic rings. The summed E-state index contributed by atoms with van der Waals surface area (Å²) in [6.07, 6.45) is 16.5. The van der Waals surface area contributed by atoms with Gasteiger partial charge in [0, 0.05) is 12.5 Å². The normalized spacial score (nSPS) is 20.0. The van der Waals surface area contributed by atoms with Crippen molar-refractivity contribution in [3.63, 3.8) is 0 Å². The van der Waals surface area contributed by atoms with Crippen LogP contribution in [0.3, 0.4) is 0 Å². The number of carbonyl (C=O) groups is 2. The zero-order valence-corrected chi connectivity index (χ0v) is 16.1. The molecule has 1 aliphatic carbocycles. The minimum atomic E-state index is -0.309. The summed E-state index contributed by atoms with van der Waals surface area (Å²) < 4.78 is 5.45. The highest BCUT2D eigenvalue weighted by Crippen LogP contribution is 2.33. The van der Waals surface area contributed by atoms with E-state index in [2.05, 4.69) is 6.92 Å². The molecule has 0 bridgehead atoms. The smallest absolute Gasteiger partial charge is 0.328 e. The van der Waals surface area contributed by atoms with Gasteiger partial charge in [-0.1, -0.05) is 64.7 Å². The Morgan fingerprint density at radius 2 is 1.48 bits per heavy atom. The van der Waals surface area contributed by atoms with Gasteiger partial charge in [-0.15, -0.1) is 0 Å². The van der Waals surface area contributed by atoms with Gasteiger partial charge in [-0.3, -0.25) is 4.79 Å². The molecule has 1 amide bonds. The van der Waals surface area contributed by atoms with Gasteiger partial charge in [0.05, 0.1) is 6.61 Å². The molecule has 0 N–H and O–H groups in total. The van der Waals surface area contributed by atoms with Crippen LogP contribution in [0.4, 0.5) is 0 Å². The molecule has 1 saturated heterocycles. The van der Waals surface area contributed by atoms with E-state index in [1.165, 1.54) is 51.4 Å². The monoisotopic (exact) mass is 351 g/mol. The van der Waals surface area contributed by atoms with Crippen LogP contribution in [-0.2, 0) is 14.3 Å². The Morgan fingerprint density at radius 3 is 2.08 bits per heavy atom. The molecule has 0 aromatic carbocycles. The van der Waals surface area contributed by atoms with E-state index in [4.69, 9.17) is 4.74 Å². The first kappa shape index (κ1) is 20.3. The molecule has 144 valence electrons. The summed E-state index contributed by atoms with van der Waals surface area (Å²) in [5.41, 5.74) is 0. The van der Waals surface area contributed by atoms with Crippen molar-refractivity contribution in [2.45, 2.75) is 103 Å². The fourth-order valence-corrected chi connectivity index (χ4v) is 3.70. The molecule has 1 saturated carbocycles. The molecule has 4 nitrogen and oxygen atoms in total. The second-order valence-corrected chi connectivity index (χ2v) is 7.81.